The molecule has 1 rings (SSSR count). The molecule has 0 heterocycles. The smallest absolute Gasteiger partial charge is 0.320 e. The lowest BCUT2D eigenvalue weighted by Gasteiger charge is -2.02. The number of benzene rings is 1. The Hall–Kier alpha value is -2.25. The monoisotopic (exact) mass is 295 g/mol. The Kier molecular flexibility index (Phi) is 9.40. The molecule has 0 spiro atoms. The summed E-state index contributed by atoms with van der Waals surface area (Å²) in [4.78, 5) is 30.9. The van der Waals surface area contributed by atoms with Crippen molar-refractivity contribution in [2.45, 2.75) is 25.8 Å². The van der Waals surface area contributed by atoms with Crippen LogP contribution in [-0.2, 0) is 9.59 Å². The van der Waals surface area contributed by atoms with Crippen LogP contribution < -0.4 is 16.8 Å². The minimum atomic E-state index is -0.955. The minimum absolute atomic E-state index is 0.117. The van der Waals surface area contributed by atoms with Gasteiger partial charge in [0.1, 0.15) is 12.3 Å². The first-order valence-electron chi connectivity index (χ1n) is 6.42. The van der Waals surface area contributed by atoms with Gasteiger partial charge in [-0.1, -0.05) is 0 Å². The number of nitrogens with two attached hydrogens (primary N) is 2. The van der Waals surface area contributed by atoms with Gasteiger partial charge in [0, 0.05) is 18.2 Å². The molecule has 21 heavy (non-hydrogen) atoms. The van der Waals surface area contributed by atoms with Gasteiger partial charge >= 0.3 is 5.97 Å². The fourth-order valence-electron chi connectivity index (χ4n) is 1.31. The van der Waals surface area contributed by atoms with E-state index in [4.69, 9.17) is 16.6 Å². The minimum Gasteiger partial charge on any atom is -0.480 e. The molecule has 1 unspecified atom stereocenters. The van der Waals surface area contributed by atoms with E-state index in [0.29, 0.717) is 30.6 Å². The Labute approximate surface area is 123 Å². The van der Waals surface area contributed by atoms with E-state index in [1.54, 1.807) is 24.3 Å². The second-order valence-corrected chi connectivity index (χ2v) is 4.30. The lowest BCUT2D eigenvalue weighted by atomic mass is 10.2. The van der Waals surface area contributed by atoms with Crippen LogP contribution in [0.15, 0.2) is 24.3 Å². The molecule has 0 saturated carbocycles. The molecule has 0 aliphatic carbocycles. The summed E-state index contributed by atoms with van der Waals surface area (Å²) in [5, 5.41) is 10.8. The van der Waals surface area contributed by atoms with E-state index in [0.717, 1.165) is 6.29 Å². The number of aldehydes is 1. The number of anilines is 1. The van der Waals surface area contributed by atoms with Gasteiger partial charge in [-0.05, 0) is 43.7 Å². The zero-order valence-corrected chi connectivity index (χ0v) is 11.9. The summed E-state index contributed by atoms with van der Waals surface area (Å²) in [6, 6.07) is 5.93. The number of rotatable bonds is 6. The zero-order chi connectivity index (χ0) is 16.3. The lowest BCUT2D eigenvalue weighted by Crippen LogP contribution is -2.30. The number of aliphatic carboxylic acids is 1. The van der Waals surface area contributed by atoms with Crippen LogP contribution in [0.3, 0.4) is 0 Å². The second kappa shape index (κ2) is 10.5. The largest absolute Gasteiger partial charge is 0.480 e. The number of carbonyl (C=O) groups is 3. The number of nitrogens with one attached hydrogen (secondary N) is 1. The summed E-state index contributed by atoms with van der Waals surface area (Å²) in [7, 11) is 0. The first-order valence-corrected chi connectivity index (χ1v) is 6.42. The molecule has 0 saturated heterocycles. The first kappa shape index (κ1) is 18.8. The van der Waals surface area contributed by atoms with Crippen LogP contribution in [-0.4, -0.2) is 35.9 Å². The van der Waals surface area contributed by atoms with E-state index in [-0.39, 0.29) is 5.91 Å². The summed E-state index contributed by atoms with van der Waals surface area (Å²) >= 11 is 0. The molecule has 1 atom stereocenters. The summed E-state index contributed by atoms with van der Waals surface area (Å²) in [6.07, 6.45) is 1.90. The van der Waals surface area contributed by atoms with E-state index >= 15 is 0 Å². The van der Waals surface area contributed by atoms with E-state index in [1.165, 1.54) is 6.92 Å². The van der Waals surface area contributed by atoms with Crippen LogP contribution in [0.5, 0.6) is 0 Å². The Balaban J connectivity index is 0.000000400. The molecule has 6 N–H and O–H groups in total. The maximum absolute atomic E-state index is 10.6. The molecule has 1 amide bonds. The third-order valence-corrected chi connectivity index (χ3v) is 2.40. The number of carboxylic acid groups (broad SMARTS) is 1. The van der Waals surface area contributed by atoms with Crippen molar-refractivity contribution < 1.29 is 19.5 Å². The molecule has 7 nitrogen and oxygen atoms in total. The van der Waals surface area contributed by atoms with Crippen molar-refractivity contribution in [2.24, 2.45) is 11.5 Å². The van der Waals surface area contributed by atoms with Crippen molar-refractivity contribution in [1.29, 1.82) is 0 Å². The topological polar surface area (TPSA) is 136 Å². The van der Waals surface area contributed by atoms with Gasteiger partial charge in [-0.15, -0.1) is 0 Å². The van der Waals surface area contributed by atoms with E-state index in [1.807, 2.05) is 0 Å². The predicted molar refractivity (Wildman–Crippen MR) is 80.0 cm³/mol. The average molecular weight is 295 g/mol. The third kappa shape index (κ3) is 9.31. The van der Waals surface area contributed by atoms with Crippen LogP contribution in [0.25, 0.3) is 0 Å². The highest BCUT2D eigenvalue weighted by Crippen LogP contribution is 2.07. The van der Waals surface area contributed by atoms with Gasteiger partial charge < -0.3 is 21.9 Å². The highest BCUT2D eigenvalue weighted by molar-refractivity contribution is 5.89. The number of amides is 1. The van der Waals surface area contributed by atoms with Gasteiger partial charge in [-0.25, -0.2) is 0 Å². The van der Waals surface area contributed by atoms with Gasteiger partial charge in [0.05, 0.1) is 0 Å². The van der Waals surface area contributed by atoms with Crippen LogP contribution >= 0.6 is 0 Å². The van der Waals surface area contributed by atoms with Gasteiger partial charge in [0.15, 0.2) is 0 Å². The fourth-order valence-corrected chi connectivity index (χ4v) is 1.31. The Morgan fingerprint density at radius 2 is 1.90 bits per heavy atom. The van der Waals surface area contributed by atoms with Crippen molar-refractivity contribution >= 4 is 23.9 Å². The lowest BCUT2D eigenvalue weighted by molar-refractivity contribution is -0.138. The number of carboxylic acids is 1. The second-order valence-electron chi connectivity index (χ2n) is 4.30. The van der Waals surface area contributed by atoms with Crippen molar-refractivity contribution in [2.75, 3.05) is 11.9 Å². The summed E-state index contributed by atoms with van der Waals surface area (Å²) < 4.78 is 0. The molecular formula is C14H21N3O4. The summed E-state index contributed by atoms with van der Waals surface area (Å²) in [5.41, 5.74) is 11.6. The fraction of sp³-hybridized carbons (Fsp3) is 0.357. The van der Waals surface area contributed by atoms with Crippen molar-refractivity contribution in [3.8, 4) is 0 Å². The summed E-state index contributed by atoms with van der Waals surface area (Å²) in [5.74, 6) is -1.07. The molecular weight excluding hydrogens is 274 g/mol. The molecule has 0 aliphatic rings. The normalized spacial score (nSPS) is 10.8. The van der Waals surface area contributed by atoms with Gasteiger partial charge in [-0.2, -0.15) is 0 Å². The van der Waals surface area contributed by atoms with Crippen LogP contribution in [0, 0.1) is 0 Å². The first-order chi connectivity index (χ1) is 9.90. The van der Waals surface area contributed by atoms with Gasteiger partial charge in [0.2, 0.25) is 5.91 Å². The molecule has 0 aliphatic heterocycles. The van der Waals surface area contributed by atoms with E-state index in [9.17, 15) is 14.4 Å². The SMILES string of the molecule is CC(=O)Nc1ccc(C=O)cc1.NCCCC(N)C(=O)O. The standard InChI is InChI=1S/C9H9NO2.C5H12N2O2/c1-7(12)10-9-4-2-8(6-11)3-5-9;6-3-1-2-4(7)5(8)9/h2-6H,1H3,(H,10,12);4H,1-3,6-7H2,(H,8,9). The Morgan fingerprint density at radius 3 is 2.29 bits per heavy atom. The Morgan fingerprint density at radius 1 is 1.33 bits per heavy atom. The molecule has 7 heteroatoms. The molecule has 1 aromatic rings. The molecule has 0 fully saturated rings. The van der Waals surface area contributed by atoms with Crippen molar-refractivity contribution in [3.05, 3.63) is 29.8 Å². The van der Waals surface area contributed by atoms with Crippen LogP contribution in [0.1, 0.15) is 30.1 Å². The third-order valence-electron chi connectivity index (χ3n) is 2.40. The molecule has 1 aromatic carbocycles. The quantitative estimate of drug-likeness (QED) is 0.567. The maximum atomic E-state index is 10.6. The van der Waals surface area contributed by atoms with E-state index in [2.05, 4.69) is 5.32 Å². The average Bonchev–Trinajstić information content (AvgIpc) is 2.45. The number of carbonyl (C=O) groups excluding carboxylic acids is 2. The maximum Gasteiger partial charge on any atom is 0.320 e. The molecule has 0 bridgehead atoms. The number of hydrogen-bond acceptors (Lipinski definition) is 5. The Bertz CT molecular complexity index is 460. The van der Waals surface area contributed by atoms with Gasteiger partial charge in [0.25, 0.3) is 0 Å². The van der Waals surface area contributed by atoms with Crippen LogP contribution in [0.4, 0.5) is 5.69 Å². The summed E-state index contributed by atoms with van der Waals surface area (Å²) in [6.45, 7) is 1.94. The van der Waals surface area contributed by atoms with Crippen LogP contribution in [0.2, 0.25) is 0 Å². The molecule has 0 radical (unpaired) electrons. The molecule has 116 valence electrons. The van der Waals surface area contributed by atoms with Crippen molar-refractivity contribution in [3.63, 3.8) is 0 Å². The number of hydrogen-bond donors (Lipinski definition) is 4. The zero-order valence-electron chi connectivity index (χ0n) is 11.9. The van der Waals surface area contributed by atoms with Gasteiger partial charge in [-0.3, -0.25) is 14.4 Å². The highest BCUT2D eigenvalue weighted by atomic mass is 16.4. The highest BCUT2D eigenvalue weighted by Gasteiger charge is 2.08. The van der Waals surface area contributed by atoms with Crippen molar-refractivity contribution in [1.82, 2.24) is 0 Å². The van der Waals surface area contributed by atoms with E-state index < -0.39 is 12.0 Å². The predicted octanol–water partition coefficient (Wildman–Crippen LogP) is 0.595. The molecule has 0 aromatic heterocycles.